The van der Waals surface area contributed by atoms with E-state index in [1.54, 1.807) is 4.90 Å². The van der Waals surface area contributed by atoms with Gasteiger partial charge in [0.05, 0.1) is 5.92 Å². The summed E-state index contributed by atoms with van der Waals surface area (Å²) in [5.41, 5.74) is 5.84. The zero-order chi connectivity index (χ0) is 14.2. The number of hydrogen-bond acceptors (Lipinski definition) is 2. The molecular formula is C13H21F3N2O. The van der Waals surface area contributed by atoms with Gasteiger partial charge < -0.3 is 10.6 Å². The molecule has 0 aromatic heterocycles. The van der Waals surface area contributed by atoms with Gasteiger partial charge in [-0.2, -0.15) is 13.2 Å². The fraction of sp³-hybridized carbons (Fsp3) is 0.923. The van der Waals surface area contributed by atoms with Gasteiger partial charge in [-0.15, -0.1) is 0 Å². The van der Waals surface area contributed by atoms with Gasteiger partial charge in [-0.05, 0) is 26.2 Å². The van der Waals surface area contributed by atoms with Gasteiger partial charge in [0.15, 0.2) is 0 Å². The van der Waals surface area contributed by atoms with Crippen molar-refractivity contribution in [1.29, 1.82) is 0 Å². The second kappa shape index (κ2) is 5.31. The highest BCUT2D eigenvalue weighted by Gasteiger charge is 2.50. The number of alkyl halides is 3. The number of amides is 1. The smallest absolute Gasteiger partial charge is 0.338 e. The Labute approximate surface area is 111 Å². The molecule has 1 aliphatic carbocycles. The maximum atomic E-state index is 13.0. The molecule has 0 aromatic rings. The molecule has 2 aliphatic rings. The number of hydrogen-bond donors (Lipinski definition) is 1. The van der Waals surface area contributed by atoms with E-state index in [9.17, 15) is 18.0 Å². The maximum absolute atomic E-state index is 13.0. The van der Waals surface area contributed by atoms with Crippen LogP contribution >= 0.6 is 0 Å². The van der Waals surface area contributed by atoms with Crippen LogP contribution in [0.25, 0.3) is 0 Å². The first-order valence-corrected chi connectivity index (χ1v) is 6.95. The van der Waals surface area contributed by atoms with Gasteiger partial charge >= 0.3 is 6.18 Å². The van der Waals surface area contributed by atoms with Crippen molar-refractivity contribution in [3.63, 3.8) is 0 Å². The Morgan fingerprint density at radius 3 is 2.37 bits per heavy atom. The van der Waals surface area contributed by atoms with Crippen molar-refractivity contribution >= 4 is 5.91 Å². The first-order valence-electron chi connectivity index (χ1n) is 6.95. The molecule has 0 bridgehead atoms. The minimum atomic E-state index is -4.27. The Balaban J connectivity index is 2.12. The predicted molar refractivity (Wildman–Crippen MR) is 65.3 cm³/mol. The van der Waals surface area contributed by atoms with E-state index in [-0.39, 0.29) is 24.4 Å². The van der Waals surface area contributed by atoms with Crippen LogP contribution in [-0.2, 0) is 4.79 Å². The van der Waals surface area contributed by atoms with E-state index in [4.69, 9.17) is 5.73 Å². The van der Waals surface area contributed by atoms with E-state index in [2.05, 4.69) is 0 Å². The molecule has 1 saturated heterocycles. The number of rotatable bonds is 1. The summed E-state index contributed by atoms with van der Waals surface area (Å²) in [5, 5.41) is 0. The number of carbonyl (C=O) groups is 1. The molecule has 6 heteroatoms. The molecule has 2 fully saturated rings. The lowest BCUT2D eigenvalue weighted by Crippen LogP contribution is -2.47. The fourth-order valence-electron chi connectivity index (χ4n) is 3.31. The summed E-state index contributed by atoms with van der Waals surface area (Å²) < 4.78 is 39.1. The highest BCUT2D eigenvalue weighted by atomic mass is 19.4. The molecule has 1 heterocycles. The van der Waals surface area contributed by atoms with Crippen LogP contribution in [0.2, 0.25) is 0 Å². The molecule has 2 N–H and O–H groups in total. The standard InChI is InChI=1S/C13H21F3N2O/c1-8-11(17)6-7-18(8)12(19)9-4-2-3-5-10(9)13(14,15)16/h8-11H,2-7,17H2,1H3. The van der Waals surface area contributed by atoms with E-state index in [0.717, 1.165) is 0 Å². The van der Waals surface area contributed by atoms with Crippen molar-refractivity contribution in [2.24, 2.45) is 17.6 Å². The summed E-state index contributed by atoms with van der Waals surface area (Å²) in [4.78, 5) is 13.9. The molecule has 0 radical (unpaired) electrons. The first kappa shape index (κ1) is 14.6. The lowest BCUT2D eigenvalue weighted by atomic mass is 9.78. The molecule has 19 heavy (non-hydrogen) atoms. The molecule has 4 atom stereocenters. The lowest BCUT2D eigenvalue weighted by Gasteiger charge is -2.36. The second-order valence-electron chi connectivity index (χ2n) is 5.76. The monoisotopic (exact) mass is 278 g/mol. The summed E-state index contributed by atoms with van der Waals surface area (Å²) in [5.74, 6) is -2.72. The Morgan fingerprint density at radius 2 is 1.84 bits per heavy atom. The van der Waals surface area contributed by atoms with Gasteiger partial charge in [0.25, 0.3) is 0 Å². The number of carbonyl (C=O) groups excluding carboxylic acids is 1. The first-order chi connectivity index (χ1) is 8.82. The summed E-state index contributed by atoms with van der Waals surface area (Å²) in [7, 11) is 0. The summed E-state index contributed by atoms with van der Waals surface area (Å²) >= 11 is 0. The number of nitrogens with zero attached hydrogens (tertiary/aromatic N) is 1. The summed E-state index contributed by atoms with van der Waals surface area (Å²) in [6, 6.07) is -0.264. The third-order valence-corrected chi connectivity index (χ3v) is 4.60. The average Bonchev–Trinajstić information content (AvgIpc) is 2.68. The van der Waals surface area contributed by atoms with Gasteiger partial charge in [0.2, 0.25) is 5.91 Å². The van der Waals surface area contributed by atoms with Crippen LogP contribution in [0.4, 0.5) is 13.2 Å². The summed E-state index contributed by atoms with van der Waals surface area (Å²) in [6.45, 7) is 2.31. The van der Waals surface area contributed by atoms with Crippen LogP contribution in [0.15, 0.2) is 0 Å². The third-order valence-electron chi connectivity index (χ3n) is 4.60. The number of likely N-dealkylation sites (tertiary alicyclic amines) is 1. The normalized spacial score (nSPS) is 36.6. The van der Waals surface area contributed by atoms with Crippen LogP contribution < -0.4 is 5.73 Å². The van der Waals surface area contributed by atoms with Crippen molar-refractivity contribution < 1.29 is 18.0 Å². The Kier molecular flexibility index (Phi) is 4.08. The zero-order valence-electron chi connectivity index (χ0n) is 11.1. The molecule has 1 amide bonds. The number of halogens is 3. The minimum Gasteiger partial charge on any atom is -0.338 e. The van der Waals surface area contributed by atoms with Crippen LogP contribution in [0, 0.1) is 11.8 Å². The molecule has 110 valence electrons. The predicted octanol–water partition coefficient (Wildman–Crippen LogP) is 2.30. The highest BCUT2D eigenvalue weighted by Crippen LogP contribution is 2.42. The van der Waals surface area contributed by atoms with Crippen molar-refractivity contribution in [3.05, 3.63) is 0 Å². The van der Waals surface area contributed by atoms with Gasteiger partial charge in [-0.1, -0.05) is 12.8 Å². The fourth-order valence-corrected chi connectivity index (χ4v) is 3.31. The van der Waals surface area contributed by atoms with Crippen molar-refractivity contribution in [2.45, 2.75) is 57.3 Å². The molecule has 1 saturated carbocycles. The Bertz CT molecular complexity index is 345. The van der Waals surface area contributed by atoms with E-state index in [0.29, 0.717) is 32.2 Å². The van der Waals surface area contributed by atoms with Gasteiger partial charge in [-0.25, -0.2) is 0 Å². The zero-order valence-corrected chi connectivity index (χ0v) is 11.1. The van der Waals surface area contributed by atoms with Crippen LogP contribution in [0.3, 0.4) is 0 Å². The topological polar surface area (TPSA) is 46.3 Å². The Hall–Kier alpha value is -0.780. The van der Waals surface area contributed by atoms with E-state index in [1.807, 2.05) is 6.92 Å². The van der Waals surface area contributed by atoms with Crippen molar-refractivity contribution in [2.75, 3.05) is 6.54 Å². The molecule has 1 aliphatic heterocycles. The molecule has 4 unspecified atom stereocenters. The van der Waals surface area contributed by atoms with Gasteiger partial charge in [-0.3, -0.25) is 4.79 Å². The quantitative estimate of drug-likeness (QED) is 0.800. The van der Waals surface area contributed by atoms with Crippen LogP contribution in [0.1, 0.15) is 39.0 Å². The van der Waals surface area contributed by atoms with Gasteiger partial charge in [0.1, 0.15) is 0 Å². The molecular weight excluding hydrogens is 257 g/mol. The van der Waals surface area contributed by atoms with Crippen LogP contribution in [0.5, 0.6) is 0 Å². The maximum Gasteiger partial charge on any atom is 0.392 e. The lowest BCUT2D eigenvalue weighted by molar-refractivity contribution is -0.201. The number of nitrogens with two attached hydrogens (primary N) is 1. The van der Waals surface area contributed by atoms with Crippen molar-refractivity contribution in [1.82, 2.24) is 4.90 Å². The molecule has 3 nitrogen and oxygen atoms in total. The van der Waals surface area contributed by atoms with E-state index >= 15 is 0 Å². The highest BCUT2D eigenvalue weighted by molar-refractivity contribution is 5.80. The van der Waals surface area contributed by atoms with Gasteiger partial charge in [0, 0.05) is 24.5 Å². The summed E-state index contributed by atoms with van der Waals surface area (Å²) in [6.07, 6.45) is -1.90. The third kappa shape index (κ3) is 2.88. The Morgan fingerprint density at radius 1 is 1.21 bits per heavy atom. The molecule has 0 spiro atoms. The van der Waals surface area contributed by atoms with Crippen molar-refractivity contribution in [3.8, 4) is 0 Å². The molecule has 0 aromatic carbocycles. The molecule has 2 rings (SSSR count). The second-order valence-corrected chi connectivity index (χ2v) is 5.76. The van der Waals surface area contributed by atoms with E-state index in [1.165, 1.54) is 0 Å². The SMILES string of the molecule is CC1C(N)CCN1C(=O)C1CCCCC1C(F)(F)F. The largest absolute Gasteiger partial charge is 0.392 e. The minimum absolute atomic E-state index is 0.0776. The van der Waals surface area contributed by atoms with E-state index < -0.39 is 18.0 Å². The van der Waals surface area contributed by atoms with Crippen LogP contribution in [-0.4, -0.2) is 35.6 Å². The average molecular weight is 278 g/mol.